The molecule has 114 valence electrons. The molecule has 0 saturated carbocycles. The summed E-state index contributed by atoms with van der Waals surface area (Å²) in [4.78, 5) is 6.81. The maximum absolute atomic E-state index is 5.88. The zero-order chi connectivity index (χ0) is 15.0. The van der Waals surface area contributed by atoms with E-state index in [0.29, 0.717) is 0 Å². The fourth-order valence-corrected chi connectivity index (χ4v) is 3.81. The Morgan fingerprint density at radius 3 is 2.73 bits per heavy atom. The van der Waals surface area contributed by atoms with E-state index in [2.05, 4.69) is 34.1 Å². The molecule has 1 saturated heterocycles. The fourth-order valence-electron chi connectivity index (χ4n) is 3.81. The molecule has 4 nitrogen and oxygen atoms in total. The summed E-state index contributed by atoms with van der Waals surface area (Å²) in [5.41, 5.74) is 8.32. The predicted octanol–water partition coefficient (Wildman–Crippen LogP) is 2.98. The molecule has 0 bridgehead atoms. The van der Waals surface area contributed by atoms with Gasteiger partial charge in [-0.25, -0.2) is 4.98 Å². The standard InChI is InChI=1S/C18H21N3O/c19-14-5-9-20-17(13-14)21-10-6-18(7-11-21)8-12-22-16-4-2-1-3-15(16)18/h1-5,9,13H,6-8,10-12H2,(H2,19,20). The number of nitrogens with two attached hydrogens (primary N) is 1. The fraction of sp³-hybridized carbons (Fsp3) is 0.389. The van der Waals surface area contributed by atoms with Crippen LogP contribution in [0.15, 0.2) is 42.6 Å². The van der Waals surface area contributed by atoms with Gasteiger partial charge in [0.05, 0.1) is 6.61 Å². The number of benzene rings is 1. The molecular weight excluding hydrogens is 274 g/mol. The zero-order valence-electron chi connectivity index (χ0n) is 12.7. The van der Waals surface area contributed by atoms with E-state index in [-0.39, 0.29) is 5.41 Å². The van der Waals surface area contributed by atoms with E-state index >= 15 is 0 Å². The van der Waals surface area contributed by atoms with Gasteiger partial charge < -0.3 is 15.4 Å². The molecule has 4 heteroatoms. The molecular formula is C18H21N3O. The molecule has 2 N–H and O–H groups in total. The van der Waals surface area contributed by atoms with Gasteiger partial charge in [-0.15, -0.1) is 0 Å². The van der Waals surface area contributed by atoms with E-state index < -0.39 is 0 Å². The summed E-state index contributed by atoms with van der Waals surface area (Å²) >= 11 is 0. The van der Waals surface area contributed by atoms with Crippen molar-refractivity contribution in [3.63, 3.8) is 0 Å². The largest absolute Gasteiger partial charge is 0.493 e. The van der Waals surface area contributed by atoms with Gasteiger partial charge in [-0.1, -0.05) is 18.2 Å². The lowest BCUT2D eigenvalue weighted by Crippen LogP contribution is -2.45. The van der Waals surface area contributed by atoms with Gasteiger partial charge in [0.2, 0.25) is 0 Å². The number of anilines is 2. The smallest absolute Gasteiger partial charge is 0.130 e. The first-order valence-corrected chi connectivity index (χ1v) is 7.96. The average molecular weight is 295 g/mol. The van der Waals surface area contributed by atoms with E-state index in [1.165, 1.54) is 5.56 Å². The maximum Gasteiger partial charge on any atom is 0.130 e. The molecule has 0 amide bonds. The lowest BCUT2D eigenvalue weighted by molar-refractivity contribution is 0.187. The van der Waals surface area contributed by atoms with Crippen LogP contribution in [0.5, 0.6) is 5.75 Å². The van der Waals surface area contributed by atoms with Gasteiger partial charge in [0.1, 0.15) is 11.6 Å². The average Bonchev–Trinajstić information content (AvgIpc) is 2.56. The van der Waals surface area contributed by atoms with E-state index in [0.717, 1.165) is 56.2 Å². The van der Waals surface area contributed by atoms with Crippen LogP contribution < -0.4 is 15.4 Å². The Kier molecular flexibility index (Phi) is 3.17. The summed E-state index contributed by atoms with van der Waals surface area (Å²) in [6, 6.07) is 12.3. The van der Waals surface area contributed by atoms with Crippen LogP contribution in [0, 0.1) is 0 Å². The Labute approximate surface area is 130 Å². The van der Waals surface area contributed by atoms with Crippen molar-refractivity contribution in [2.24, 2.45) is 0 Å². The van der Waals surface area contributed by atoms with E-state index in [1.807, 2.05) is 12.1 Å². The number of ether oxygens (including phenoxy) is 1. The second kappa shape index (κ2) is 5.20. The molecule has 1 aromatic carbocycles. The summed E-state index contributed by atoms with van der Waals surface area (Å²) in [6.45, 7) is 2.86. The molecule has 0 unspecified atom stereocenters. The quantitative estimate of drug-likeness (QED) is 0.878. The molecule has 22 heavy (non-hydrogen) atoms. The van der Waals surface area contributed by atoms with Crippen LogP contribution in [0.4, 0.5) is 11.5 Å². The van der Waals surface area contributed by atoms with E-state index in [9.17, 15) is 0 Å². The second-order valence-corrected chi connectivity index (χ2v) is 6.31. The molecule has 1 fully saturated rings. The number of nitrogen functional groups attached to an aromatic ring is 1. The Balaban J connectivity index is 1.57. The van der Waals surface area contributed by atoms with Crippen LogP contribution in [0.3, 0.4) is 0 Å². The number of rotatable bonds is 1. The third-order valence-electron chi connectivity index (χ3n) is 5.11. The number of nitrogens with zero attached hydrogens (tertiary/aromatic N) is 2. The number of pyridine rings is 1. The molecule has 0 radical (unpaired) electrons. The number of aromatic nitrogens is 1. The van der Waals surface area contributed by atoms with Crippen LogP contribution in [0.2, 0.25) is 0 Å². The second-order valence-electron chi connectivity index (χ2n) is 6.31. The summed E-state index contributed by atoms with van der Waals surface area (Å²) in [5, 5.41) is 0. The minimum atomic E-state index is 0.270. The van der Waals surface area contributed by atoms with Crippen molar-refractivity contribution in [1.82, 2.24) is 4.98 Å². The molecule has 2 aliphatic rings. The number of hydrogen-bond donors (Lipinski definition) is 1. The minimum absolute atomic E-state index is 0.270. The molecule has 1 aromatic heterocycles. The highest BCUT2D eigenvalue weighted by molar-refractivity contribution is 5.51. The van der Waals surface area contributed by atoms with Crippen LogP contribution in [0.1, 0.15) is 24.8 Å². The van der Waals surface area contributed by atoms with Gasteiger partial charge in [0.15, 0.2) is 0 Å². The van der Waals surface area contributed by atoms with Crippen LogP contribution in [-0.4, -0.2) is 24.7 Å². The van der Waals surface area contributed by atoms with Crippen LogP contribution in [-0.2, 0) is 5.41 Å². The van der Waals surface area contributed by atoms with Crippen molar-refractivity contribution >= 4 is 11.5 Å². The van der Waals surface area contributed by atoms with Gasteiger partial charge in [-0.05, 0) is 31.4 Å². The Hall–Kier alpha value is -2.23. The third-order valence-corrected chi connectivity index (χ3v) is 5.11. The summed E-state index contributed by atoms with van der Waals surface area (Å²) in [5.74, 6) is 2.07. The molecule has 1 spiro atoms. The van der Waals surface area contributed by atoms with Crippen molar-refractivity contribution in [3.8, 4) is 5.75 Å². The minimum Gasteiger partial charge on any atom is -0.493 e. The zero-order valence-corrected chi connectivity index (χ0v) is 12.7. The Morgan fingerprint density at radius 1 is 1.09 bits per heavy atom. The lowest BCUT2D eigenvalue weighted by Gasteiger charge is -2.45. The lowest BCUT2D eigenvalue weighted by atomic mass is 9.69. The SMILES string of the molecule is Nc1ccnc(N2CCC3(CCOc4ccccc43)CC2)c1. The number of para-hydroxylation sites is 1. The van der Waals surface area contributed by atoms with Crippen molar-refractivity contribution in [2.45, 2.75) is 24.7 Å². The van der Waals surface area contributed by atoms with Crippen LogP contribution >= 0.6 is 0 Å². The normalized spacial score (nSPS) is 19.5. The molecule has 3 heterocycles. The van der Waals surface area contributed by atoms with Gasteiger partial charge in [0, 0.05) is 42.0 Å². The third kappa shape index (κ3) is 2.19. The summed E-state index contributed by atoms with van der Waals surface area (Å²) in [6.07, 6.45) is 5.19. The highest BCUT2D eigenvalue weighted by atomic mass is 16.5. The molecule has 2 aromatic rings. The summed E-state index contributed by atoms with van der Waals surface area (Å²) < 4.78 is 5.84. The Bertz CT molecular complexity index is 678. The van der Waals surface area contributed by atoms with Crippen molar-refractivity contribution in [2.75, 3.05) is 30.3 Å². The van der Waals surface area contributed by atoms with Gasteiger partial charge in [0.25, 0.3) is 0 Å². The number of fused-ring (bicyclic) bond motifs is 2. The first kappa shape index (κ1) is 13.4. The molecule has 0 aliphatic carbocycles. The van der Waals surface area contributed by atoms with Crippen molar-refractivity contribution in [3.05, 3.63) is 48.2 Å². The molecule has 2 aliphatic heterocycles. The number of piperidine rings is 1. The number of hydrogen-bond acceptors (Lipinski definition) is 4. The van der Waals surface area contributed by atoms with Gasteiger partial charge in [-0.2, -0.15) is 0 Å². The maximum atomic E-state index is 5.88. The topological polar surface area (TPSA) is 51.4 Å². The Morgan fingerprint density at radius 2 is 1.91 bits per heavy atom. The van der Waals surface area contributed by atoms with Crippen molar-refractivity contribution in [1.29, 1.82) is 0 Å². The van der Waals surface area contributed by atoms with Crippen molar-refractivity contribution < 1.29 is 4.74 Å². The first-order chi connectivity index (χ1) is 10.8. The highest BCUT2D eigenvalue weighted by Gasteiger charge is 2.40. The van der Waals surface area contributed by atoms with Crippen LogP contribution in [0.25, 0.3) is 0 Å². The monoisotopic (exact) mass is 295 g/mol. The molecule has 0 atom stereocenters. The van der Waals surface area contributed by atoms with E-state index in [4.69, 9.17) is 10.5 Å². The van der Waals surface area contributed by atoms with Gasteiger partial charge >= 0.3 is 0 Å². The van der Waals surface area contributed by atoms with E-state index in [1.54, 1.807) is 6.20 Å². The van der Waals surface area contributed by atoms with Gasteiger partial charge in [-0.3, -0.25) is 0 Å². The molecule has 4 rings (SSSR count). The first-order valence-electron chi connectivity index (χ1n) is 7.96. The highest BCUT2D eigenvalue weighted by Crippen LogP contribution is 2.45. The predicted molar refractivity (Wildman–Crippen MR) is 88.3 cm³/mol. The summed E-state index contributed by atoms with van der Waals surface area (Å²) in [7, 11) is 0.